The Hall–Kier alpha value is -4.02. The van der Waals surface area contributed by atoms with Gasteiger partial charge in [-0.3, -0.25) is 14.3 Å². The Morgan fingerprint density at radius 2 is 2.00 bits per heavy atom. The smallest absolute Gasteiger partial charge is 0.273 e. The fourth-order valence-electron chi connectivity index (χ4n) is 3.17. The van der Waals surface area contributed by atoms with E-state index in [1.807, 2.05) is 18.3 Å². The molecule has 1 aliphatic carbocycles. The van der Waals surface area contributed by atoms with Crippen LogP contribution in [0.15, 0.2) is 24.5 Å². The lowest BCUT2D eigenvalue weighted by atomic mass is 10.1. The van der Waals surface area contributed by atoms with E-state index in [2.05, 4.69) is 30.9 Å². The van der Waals surface area contributed by atoms with Gasteiger partial charge in [-0.1, -0.05) is 0 Å². The molecule has 2 heterocycles. The average molecular weight is 439 g/mol. The fourth-order valence-corrected chi connectivity index (χ4v) is 3.17. The van der Waals surface area contributed by atoms with Gasteiger partial charge < -0.3 is 20.7 Å². The SMILES string of the molecule is [2H]C([2H])([2H])NC(=O)c1nnc(C(=O)NC2CC2)cc1Nc1cc(C)cc(-c2ncn(C)n2)c1OC. The molecule has 0 radical (unpaired) electrons. The number of benzene rings is 1. The number of aryl methyl sites for hydroxylation is 2. The molecule has 1 aromatic carbocycles. The maximum Gasteiger partial charge on any atom is 0.273 e. The highest BCUT2D eigenvalue weighted by Gasteiger charge is 2.26. The van der Waals surface area contributed by atoms with Crippen molar-refractivity contribution >= 4 is 23.2 Å². The van der Waals surface area contributed by atoms with Crippen LogP contribution in [-0.4, -0.2) is 56.9 Å². The Balaban J connectivity index is 1.78. The number of rotatable bonds is 7. The minimum absolute atomic E-state index is 0.0249. The van der Waals surface area contributed by atoms with Gasteiger partial charge >= 0.3 is 0 Å². The zero-order valence-electron chi connectivity index (χ0n) is 20.8. The Morgan fingerprint density at radius 3 is 2.66 bits per heavy atom. The molecular weight excluding hydrogens is 412 g/mol. The van der Waals surface area contributed by atoms with Gasteiger partial charge in [0.2, 0.25) is 0 Å². The van der Waals surface area contributed by atoms with E-state index < -0.39 is 18.8 Å². The number of aromatic nitrogens is 5. The molecule has 32 heavy (non-hydrogen) atoms. The average Bonchev–Trinajstić information content (AvgIpc) is 3.48. The monoisotopic (exact) mass is 439 g/mol. The van der Waals surface area contributed by atoms with E-state index in [-0.39, 0.29) is 23.1 Å². The van der Waals surface area contributed by atoms with Gasteiger partial charge in [-0.15, -0.1) is 10.2 Å². The quantitative estimate of drug-likeness (QED) is 0.505. The maximum absolute atomic E-state index is 12.7. The van der Waals surface area contributed by atoms with Crippen LogP contribution >= 0.6 is 0 Å². The Bertz CT molecular complexity index is 1290. The zero-order chi connectivity index (χ0) is 25.3. The number of carbonyl (C=O) groups is 2. The van der Waals surface area contributed by atoms with Gasteiger partial charge in [0.25, 0.3) is 11.8 Å². The van der Waals surface area contributed by atoms with Crippen LogP contribution in [0.5, 0.6) is 5.75 Å². The van der Waals surface area contributed by atoms with Crippen LogP contribution in [0.25, 0.3) is 11.4 Å². The molecule has 0 bridgehead atoms. The summed E-state index contributed by atoms with van der Waals surface area (Å²) < 4.78 is 29.2. The van der Waals surface area contributed by atoms with Gasteiger partial charge in [0.1, 0.15) is 6.33 Å². The van der Waals surface area contributed by atoms with Crippen molar-refractivity contribution in [1.82, 2.24) is 35.6 Å². The van der Waals surface area contributed by atoms with E-state index in [0.29, 0.717) is 22.8 Å². The van der Waals surface area contributed by atoms with E-state index in [4.69, 9.17) is 8.85 Å². The van der Waals surface area contributed by atoms with Crippen molar-refractivity contribution < 1.29 is 18.4 Å². The van der Waals surface area contributed by atoms with E-state index >= 15 is 0 Å². The molecule has 2 aromatic heterocycles. The summed E-state index contributed by atoms with van der Waals surface area (Å²) in [7, 11) is 3.22. The van der Waals surface area contributed by atoms with Crippen molar-refractivity contribution in [3.63, 3.8) is 0 Å². The minimum Gasteiger partial charge on any atom is -0.494 e. The summed E-state index contributed by atoms with van der Waals surface area (Å²) in [5.74, 6) is -0.619. The highest BCUT2D eigenvalue weighted by atomic mass is 16.5. The summed E-state index contributed by atoms with van der Waals surface area (Å²) in [6.45, 7) is -0.879. The highest BCUT2D eigenvalue weighted by molar-refractivity contribution is 6.00. The van der Waals surface area contributed by atoms with Crippen molar-refractivity contribution in [2.45, 2.75) is 25.8 Å². The number of anilines is 2. The van der Waals surface area contributed by atoms with E-state index in [1.165, 1.54) is 13.2 Å². The number of ether oxygens (including phenoxy) is 1. The lowest BCUT2D eigenvalue weighted by Gasteiger charge is -2.17. The van der Waals surface area contributed by atoms with Crippen LogP contribution in [0.4, 0.5) is 11.4 Å². The van der Waals surface area contributed by atoms with Gasteiger partial charge in [0.05, 0.1) is 24.0 Å². The first-order valence-corrected chi connectivity index (χ1v) is 9.87. The summed E-state index contributed by atoms with van der Waals surface area (Å²) in [4.78, 5) is 29.5. The predicted octanol–water partition coefficient (Wildman–Crippen LogP) is 1.58. The molecule has 0 aliphatic heterocycles. The number of carbonyl (C=O) groups excluding carboxylic acids is 2. The van der Waals surface area contributed by atoms with E-state index in [0.717, 1.165) is 18.4 Å². The summed E-state index contributed by atoms with van der Waals surface area (Å²) in [5.41, 5.74) is 1.61. The second kappa shape index (κ2) is 8.61. The number of nitrogens with one attached hydrogen (secondary N) is 3. The maximum atomic E-state index is 12.7. The first-order valence-electron chi connectivity index (χ1n) is 11.4. The molecule has 4 rings (SSSR count). The summed E-state index contributed by atoms with van der Waals surface area (Å²) >= 11 is 0. The van der Waals surface area contributed by atoms with Crippen LogP contribution < -0.4 is 20.7 Å². The fraction of sp³-hybridized carbons (Fsp3) is 0.333. The van der Waals surface area contributed by atoms with Gasteiger partial charge in [-0.2, -0.15) is 5.10 Å². The van der Waals surface area contributed by atoms with Crippen molar-refractivity contribution in [1.29, 1.82) is 0 Å². The molecule has 11 nitrogen and oxygen atoms in total. The Kier molecular flexibility index (Phi) is 4.75. The third kappa shape index (κ3) is 4.36. The summed E-state index contributed by atoms with van der Waals surface area (Å²) in [6, 6.07) is 5.05. The molecule has 3 N–H and O–H groups in total. The second-order valence-corrected chi connectivity index (χ2v) is 7.45. The van der Waals surface area contributed by atoms with Crippen LogP contribution in [0.2, 0.25) is 0 Å². The molecule has 0 atom stereocenters. The molecule has 3 aromatic rings. The van der Waals surface area contributed by atoms with Crippen LogP contribution in [0.1, 0.15) is 43.5 Å². The molecular formula is C21H24N8O3. The summed E-state index contributed by atoms with van der Waals surface area (Å²) in [6.07, 6.45) is 3.32. The molecule has 0 spiro atoms. The van der Waals surface area contributed by atoms with E-state index in [9.17, 15) is 9.59 Å². The predicted molar refractivity (Wildman–Crippen MR) is 117 cm³/mol. The zero-order valence-corrected chi connectivity index (χ0v) is 17.8. The van der Waals surface area contributed by atoms with Crippen LogP contribution in [0.3, 0.4) is 0 Å². The molecule has 1 saturated carbocycles. The summed E-state index contributed by atoms with van der Waals surface area (Å²) in [5, 5.41) is 19.8. The lowest BCUT2D eigenvalue weighted by Crippen LogP contribution is -2.28. The molecule has 11 heteroatoms. The van der Waals surface area contributed by atoms with Crippen molar-refractivity contribution in [3.8, 4) is 17.1 Å². The van der Waals surface area contributed by atoms with E-state index in [1.54, 1.807) is 24.1 Å². The van der Waals surface area contributed by atoms with Gasteiger partial charge in [-0.25, -0.2) is 4.98 Å². The molecule has 166 valence electrons. The Morgan fingerprint density at radius 1 is 1.19 bits per heavy atom. The minimum atomic E-state index is -2.74. The molecule has 0 unspecified atom stereocenters. The van der Waals surface area contributed by atoms with Crippen LogP contribution in [0, 0.1) is 6.92 Å². The molecule has 1 aliphatic rings. The van der Waals surface area contributed by atoms with Gasteiger partial charge in [-0.05, 0) is 43.5 Å². The highest BCUT2D eigenvalue weighted by Crippen LogP contribution is 2.38. The third-order valence-corrected chi connectivity index (χ3v) is 4.81. The van der Waals surface area contributed by atoms with Crippen molar-refractivity contribution in [3.05, 3.63) is 41.5 Å². The number of hydrogen-bond donors (Lipinski definition) is 3. The van der Waals surface area contributed by atoms with Gasteiger partial charge in [0, 0.05) is 24.2 Å². The van der Waals surface area contributed by atoms with Crippen molar-refractivity contribution in [2.24, 2.45) is 7.05 Å². The second-order valence-electron chi connectivity index (χ2n) is 7.45. The molecule has 0 saturated heterocycles. The first-order chi connectivity index (χ1) is 16.5. The van der Waals surface area contributed by atoms with Gasteiger partial charge in [0.15, 0.2) is 23.0 Å². The van der Waals surface area contributed by atoms with Crippen LogP contribution in [-0.2, 0) is 7.05 Å². The van der Waals surface area contributed by atoms with Crippen molar-refractivity contribution in [2.75, 3.05) is 19.4 Å². The Labute approximate surface area is 188 Å². The normalized spacial score (nSPS) is 14.7. The lowest BCUT2D eigenvalue weighted by molar-refractivity contribution is 0.0935. The standard InChI is InChI=1S/C21H24N8O3/c1-11-7-13(19-23-10-29(3)28-19)18(32-4)15(8-11)25-14-9-16(20(30)24-12-5-6-12)26-27-17(14)21(31)22-2/h7-10,12H,5-6H2,1-4H3,(H,22,31)(H,24,30)(H,25,26)/i2D3. The molecule has 1 fully saturated rings. The number of hydrogen-bond acceptors (Lipinski definition) is 8. The third-order valence-electron chi connectivity index (χ3n) is 4.81. The number of nitrogens with zero attached hydrogens (tertiary/aromatic N) is 5. The first kappa shape index (κ1) is 17.6. The molecule has 2 amide bonds. The topological polar surface area (TPSA) is 136 Å². The number of amides is 2. The largest absolute Gasteiger partial charge is 0.494 e. The number of methoxy groups -OCH3 is 1.